The first-order valence-electron chi connectivity index (χ1n) is 10.4. The molecule has 1 aliphatic carbocycles. The first-order valence-corrected chi connectivity index (χ1v) is 11.9. The molecule has 1 atom stereocenters. The molecule has 4 rings (SSSR count). The molecule has 0 aliphatic heterocycles. The molecule has 1 saturated carbocycles. The fraction of sp³-hybridized carbons (Fsp3) is 0.409. The van der Waals surface area contributed by atoms with Crippen LogP contribution in [0, 0.1) is 5.92 Å². The molecule has 3 aromatic rings. The number of anilines is 2. The summed E-state index contributed by atoms with van der Waals surface area (Å²) in [5.74, 6) is 0.807. The zero-order valence-corrected chi connectivity index (χ0v) is 17.9. The van der Waals surface area contributed by atoms with Gasteiger partial charge in [0.05, 0.1) is 10.6 Å². The topological polar surface area (TPSA) is 110 Å². The Labute approximate surface area is 177 Å². The SMILES string of the molecule is C[C@@H](CC1CCCC1)NCc1ccccc1NS(=O)(=O)c1ccc2nc(N)oc2c1. The number of nitrogens with one attached hydrogen (secondary N) is 2. The lowest BCUT2D eigenvalue weighted by molar-refractivity contribution is 0.404. The lowest BCUT2D eigenvalue weighted by Crippen LogP contribution is -2.28. The van der Waals surface area contributed by atoms with Gasteiger partial charge in [0.25, 0.3) is 16.0 Å². The van der Waals surface area contributed by atoms with Gasteiger partial charge in [0.15, 0.2) is 5.58 Å². The predicted octanol–water partition coefficient (Wildman–Crippen LogP) is 4.27. The highest BCUT2D eigenvalue weighted by molar-refractivity contribution is 7.92. The summed E-state index contributed by atoms with van der Waals surface area (Å²) in [6.07, 6.45) is 6.49. The number of fused-ring (bicyclic) bond motifs is 1. The number of oxazole rings is 1. The molecule has 1 fully saturated rings. The Kier molecular flexibility index (Phi) is 5.97. The number of nitrogens with zero attached hydrogens (tertiary/aromatic N) is 1. The minimum atomic E-state index is -3.78. The van der Waals surface area contributed by atoms with Crippen LogP contribution in [0.4, 0.5) is 11.7 Å². The molecule has 4 N–H and O–H groups in total. The van der Waals surface area contributed by atoms with Gasteiger partial charge in [0, 0.05) is 18.7 Å². The third-order valence-electron chi connectivity index (χ3n) is 5.75. The predicted molar refractivity (Wildman–Crippen MR) is 119 cm³/mol. The van der Waals surface area contributed by atoms with Gasteiger partial charge < -0.3 is 15.5 Å². The van der Waals surface area contributed by atoms with Crippen LogP contribution >= 0.6 is 0 Å². The zero-order valence-electron chi connectivity index (χ0n) is 17.1. The second kappa shape index (κ2) is 8.65. The fourth-order valence-corrected chi connectivity index (χ4v) is 5.30. The molecule has 0 unspecified atom stereocenters. The molecule has 1 heterocycles. The summed E-state index contributed by atoms with van der Waals surface area (Å²) < 4.78 is 33.9. The summed E-state index contributed by atoms with van der Waals surface area (Å²) in [4.78, 5) is 4.10. The van der Waals surface area contributed by atoms with Crippen molar-refractivity contribution in [1.29, 1.82) is 0 Å². The maximum absolute atomic E-state index is 12.9. The monoisotopic (exact) mass is 428 g/mol. The molecule has 7 nitrogen and oxygen atoms in total. The third kappa shape index (κ3) is 4.76. The maximum atomic E-state index is 12.9. The Morgan fingerprint density at radius 2 is 1.97 bits per heavy atom. The minimum absolute atomic E-state index is 0.00986. The van der Waals surface area contributed by atoms with Gasteiger partial charge >= 0.3 is 0 Å². The molecule has 1 aromatic heterocycles. The molecular weight excluding hydrogens is 400 g/mol. The van der Waals surface area contributed by atoms with Crippen molar-refractivity contribution < 1.29 is 12.8 Å². The van der Waals surface area contributed by atoms with Gasteiger partial charge in [-0.2, -0.15) is 4.98 Å². The highest BCUT2D eigenvalue weighted by Gasteiger charge is 2.20. The molecule has 160 valence electrons. The highest BCUT2D eigenvalue weighted by Crippen LogP contribution is 2.29. The zero-order chi connectivity index (χ0) is 21.1. The smallest absolute Gasteiger partial charge is 0.292 e. The Hall–Kier alpha value is -2.58. The van der Waals surface area contributed by atoms with Gasteiger partial charge in [-0.3, -0.25) is 4.72 Å². The molecule has 0 radical (unpaired) electrons. The quantitative estimate of drug-likeness (QED) is 0.494. The minimum Gasteiger partial charge on any atom is -0.424 e. The summed E-state index contributed by atoms with van der Waals surface area (Å²) >= 11 is 0. The van der Waals surface area contributed by atoms with Crippen molar-refractivity contribution in [3.8, 4) is 0 Å². The van der Waals surface area contributed by atoms with E-state index in [-0.39, 0.29) is 10.9 Å². The summed E-state index contributed by atoms with van der Waals surface area (Å²) in [6.45, 7) is 2.80. The number of hydrogen-bond acceptors (Lipinski definition) is 6. The summed E-state index contributed by atoms with van der Waals surface area (Å²) in [7, 11) is -3.78. The average molecular weight is 429 g/mol. The second-order valence-corrected chi connectivity index (χ2v) is 9.79. The lowest BCUT2D eigenvalue weighted by Gasteiger charge is -2.19. The van der Waals surface area contributed by atoms with Crippen LogP contribution in [0.2, 0.25) is 0 Å². The van der Waals surface area contributed by atoms with Gasteiger partial charge in [-0.25, -0.2) is 8.42 Å². The normalized spacial score (nSPS) is 16.2. The second-order valence-electron chi connectivity index (χ2n) is 8.11. The molecular formula is C22H28N4O3S. The molecule has 1 aliphatic rings. The van der Waals surface area contributed by atoms with Gasteiger partial charge in [-0.1, -0.05) is 43.9 Å². The van der Waals surface area contributed by atoms with Crippen LogP contribution in [0.25, 0.3) is 11.1 Å². The number of sulfonamides is 1. The van der Waals surface area contributed by atoms with E-state index in [1.165, 1.54) is 37.8 Å². The molecule has 0 spiro atoms. The van der Waals surface area contributed by atoms with E-state index in [0.717, 1.165) is 17.9 Å². The number of rotatable bonds is 8. The number of hydrogen-bond donors (Lipinski definition) is 3. The highest BCUT2D eigenvalue weighted by atomic mass is 32.2. The number of para-hydroxylation sites is 1. The van der Waals surface area contributed by atoms with E-state index in [1.807, 2.05) is 18.2 Å². The van der Waals surface area contributed by atoms with E-state index in [0.29, 0.717) is 29.4 Å². The van der Waals surface area contributed by atoms with Crippen molar-refractivity contribution in [3.63, 3.8) is 0 Å². The summed E-state index contributed by atoms with van der Waals surface area (Å²) in [6, 6.07) is 12.4. The van der Waals surface area contributed by atoms with Gasteiger partial charge in [-0.15, -0.1) is 0 Å². The first kappa shape index (κ1) is 20.7. The van der Waals surface area contributed by atoms with Crippen LogP contribution in [-0.2, 0) is 16.6 Å². The first-order chi connectivity index (χ1) is 14.4. The van der Waals surface area contributed by atoms with Crippen LogP contribution in [0.3, 0.4) is 0 Å². The van der Waals surface area contributed by atoms with E-state index >= 15 is 0 Å². The fourth-order valence-electron chi connectivity index (χ4n) is 4.18. The van der Waals surface area contributed by atoms with Crippen molar-refractivity contribution in [2.24, 2.45) is 5.92 Å². The van der Waals surface area contributed by atoms with E-state index in [9.17, 15) is 8.42 Å². The summed E-state index contributed by atoms with van der Waals surface area (Å²) in [5.41, 5.74) is 7.88. The van der Waals surface area contributed by atoms with Crippen LogP contribution in [0.15, 0.2) is 51.8 Å². The molecule has 0 bridgehead atoms. The maximum Gasteiger partial charge on any atom is 0.292 e. The Morgan fingerprint density at radius 3 is 2.77 bits per heavy atom. The van der Waals surface area contributed by atoms with E-state index < -0.39 is 10.0 Å². The lowest BCUT2D eigenvalue weighted by atomic mass is 9.99. The van der Waals surface area contributed by atoms with Gasteiger partial charge in [0.1, 0.15) is 5.52 Å². The van der Waals surface area contributed by atoms with E-state index in [4.69, 9.17) is 10.2 Å². The van der Waals surface area contributed by atoms with Crippen molar-refractivity contribution in [2.75, 3.05) is 10.5 Å². The third-order valence-corrected chi connectivity index (χ3v) is 7.11. The molecule has 30 heavy (non-hydrogen) atoms. The van der Waals surface area contributed by atoms with Crippen molar-refractivity contribution >= 4 is 32.8 Å². The van der Waals surface area contributed by atoms with Gasteiger partial charge in [-0.05, 0) is 43.0 Å². The Morgan fingerprint density at radius 1 is 1.20 bits per heavy atom. The molecule has 0 saturated heterocycles. The van der Waals surface area contributed by atoms with Crippen LogP contribution < -0.4 is 15.8 Å². The number of nitrogens with two attached hydrogens (primary N) is 1. The Bertz CT molecular complexity index is 1120. The number of benzene rings is 2. The standard InChI is InChI=1S/C22H28N4O3S/c1-15(12-16-6-2-3-7-16)24-14-17-8-4-5-9-19(17)26-30(27,28)18-10-11-20-21(13-18)29-22(23)25-20/h4-5,8-11,13,15-16,24,26H,2-3,6-7,12,14H2,1H3,(H2,23,25)/t15-/m0/s1. The van der Waals surface area contributed by atoms with Crippen molar-refractivity contribution in [3.05, 3.63) is 48.0 Å². The largest absolute Gasteiger partial charge is 0.424 e. The average Bonchev–Trinajstić information content (AvgIpc) is 3.34. The molecule has 0 amide bonds. The van der Waals surface area contributed by atoms with Crippen molar-refractivity contribution in [1.82, 2.24) is 10.3 Å². The van der Waals surface area contributed by atoms with Crippen LogP contribution in [0.5, 0.6) is 0 Å². The Balaban J connectivity index is 1.46. The van der Waals surface area contributed by atoms with Crippen LogP contribution in [0.1, 0.15) is 44.6 Å². The van der Waals surface area contributed by atoms with Crippen LogP contribution in [-0.4, -0.2) is 19.4 Å². The van der Waals surface area contributed by atoms with Crippen molar-refractivity contribution in [2.45, 2.75) is 56.5 Å². The summed E-state index contributed by atoms with van der Waals surface area (Å²) in [5, 5.41) is 3.55. The van der Waals surface area contributed by atoms with E-state index in [1.54, 1.807) is 12.1 Å². The number of aromatic nitrogens is 1. The van der Waals surface area contributed by atoms with Gasteiger partial charge in [0.2, 0.25) is 0 Å². The van der Waals surface area contributed by atoms with E-state index in [2.05, 4.69) is 21.9 Å². The molecule has 2 aromatic carbocycles. The molecule has 8 heteroatoms. The number of nitrogen functional groups attached to an aromatic ring is 1.